The molecule has 3 N–H and O–H groups in total. The molecule has 0 saturated carbocycles. The highest BCUT2D eigenvalue weighted by atomic mass is 16.4. The van der Waals surface area contributed by atoms with Gasteiger partial charge in [-0.15, -0.1) is 0 Å². The summed E-state index contributed by atoms with van der Waals surface area (Å²) in [5.74, 6) is -0.880. The van der Waals surface area contributed by atoms with Crippen LogP contribution >= 0.6 is 0 Å². The van der Waals surface area contributed by atoms with Crippen molar-refractivity contribution in [1.82, 2.24) is 0 Å². The summed E-state index contributed by atoms with van der Waals surface area (Å²) in [6, 6.07) is 8.82. The smallest absolute Gasteiger partial charge is 0.328 e. The Labute approximate surface area is 101 Å². The van der Waals surface area contributed by atoms with E-state index < -0.39 is 12.0 Å². The lowest BCUT2D eigenvalue weighted by Crippen LogP contribution is -2.18. The van der Waals surface area contributed by atoms with E-state index in [1.54, 1.807) is 6.21 Å². The van der Waals surface area contributed by atoms with Crippen molar-refractivity contribution in [2.75, 3.05) is 6.54 Å². The molecule has 1 atom stereocenters. The maximum Gasteiger partial charge on any atom is 0.328 e. The maximum atomic E-state index is 11.0. The second-order valence-corrected chi connectivity index (χ2v) is 3.83. The van der Waals surface area contributed by atoms with E-state index >= 15 is 0 Å². The first-order valence-corrected chi connectivity index (χ1v) is 5.75. The third-order valence-electron chi connectivity index (χ3n) is 2.42. The van der Waals surface area contributed by atoms with Crippen LogP contribution in [0.5, 0.6) is 0 Å². The monoisotopic (exact) mass is 234 g/mol. The third kappa shape index (κ3) is 5.26. The molecule has 1 aromatic rings. The molecule has 0 bridgehead atoms. The van der Waals surface area contributed by atoms with E-state index in [0.29, 0.717) is 13.0 Å². The zero-order valence-electron chi connectivity index (χ0n) is 9.75. The molecule has 0 aromatic heterocycles. The molecule has 0 aliphatic heterocycles. The lowest BCUT2D eigenvalue weighted by molar-refractivity contribution is -0.138. The fourth-order valence-corrected chi connectivity index (χ4v) is 1.46. The van der Waals surface area contributed by atoms with Crippen LogP contribution in [0.15, 0.2) is 35.3 Å². The van der Waals surface area contributed by atoms with Gasteiger partial charge in [-0.25, -0.2) is 4.79 Å². The number of benzene rings is 1. The van der Waals surface area contributed by atoms with Crippen LogP contribution < -0.4 is 5.73 Å². The Bertz CT molecular complexity index is 363. The quantitative estimate of drug-likeness (QED) is 0.556. The van der Waals surface area contributed by atoms with Gasteiger partial charge in [-0.3, -0.25) is 4.99 Å². The van der Waals surface area contributed by atoms with Crippen molar-refractivity contribution in [3.63, 3.8) is 0 Å². The topological polar surface area (TPSA) is 75.7 Å². The Balaban J connectivity index is 2.54. The van der Waals surface area contributed by atoms with Gasteiger partial charge in [-0.1, -0.05) is 30.3 Å². The van der Waals surface area contributed by atoms with Crippen molar-refractivity contribution in [3.05, 3.63) is 35.9 Å². The number of rotatable bonds is 7. The van der Waals surface area contributed by atoms with E-state index in [1.165, 1.54) is 0 Å². The zero-order chi connectivity index (χ0) is 12.5. The molecule has 0 amide bonds. The summed E-state index contributed by atoms with van der Waals surface area (Å²) >= 11 is 0. The lowest BCUT2D eigenvalue weighted by atomic mass is 10.1. The molecule has 0 unspecified atom stereocenters. The van der Waals surface area contributed by atoms with Crippen LogP contribution in [0.2, 0.25) is 0 Å². The minimum atomic E-state index is -0.880. The summed E-state index contributed by atoms with van der Waals surface area (Å²) in [5, 5.41) is 9.01. The van der Waals surface area contributed by atoms with Crippen molar-refractivity contribution in [1.29, 1.82) is 0 Å². The summed E-state index contributed by atoms with van der Waals surface area (Å²) in [4.78, 5) is 15.1. The van der Waals surface area contributed by atoms with E-state index in [-0.39, 0.29) is 0 Å². The highest BCUT2D eigenvalue weighted by Gasteiger charge is 2.14. The van der Waals surface area contributed by atoms with Crippen molar-refractivity contribution in [3.8, 4) is 0 Å². The normalized spacial score (nSPS) is 12.8. The van der Waals surface area contributed by atoms with Gasteiger partial charge in [0.15, 0.2) is 0 Å². The van der Waals surface area contributed by atoms with E-state index in [9.17, 15) is 4.79 Å². The summed E-state index contributed by atoms with van der Waals surface area (Å²) in [6.07, 6.45) is 3.78. The standard InChI is InChI=1S/C13H18N2O2/c14-9-5-4-8-12(13(16)17)15-10-11-6-2-1-3-7-11/h1-3,6-7,10,12H,4-5,8-9,14H2,(H,16,17)/b15-10-/t12-/m0/s1. The molecule has 17 heavy (non-hydrogen) atoms. The van der Waals surface area contributed by atoms with Gasteiger partial charge in [0.1, 0.15) is 6.04 Å². The first kappa shape index (κ1) is 13.4. The number of nitrogens with zero attached hydrogens (tertiary/aromatic N) is 1. The van der Waals surface area contributed by atoms with E-state index in [1.807, 2.05) is 30.3 Å². The molecule has 0 fully saturated rings. The molecule has 0 saturated heterocycles. The number of carboxylic acid groups (broad SMARTS) is 1. The Morgan fingerprint density at radius 1 is 1.35 bits per heavy atom. The van der Waals surface area contributed by atoms with E-state index in [4.69, 9.17) is 10.8 Å². The van der Waals surface area contributed by atoms with E-state index in [0.717, 1.165) is 18.4 Å². The largest absolute Gasteiger partial charge is 0.480 e. The Morgan fingerprint density at radius 2 is 2.06 bits per heavy atom. The molecule has 0 spiro atoms. The highest BCUT2D eigenvalue weighted by molar-refractivity contribution is 5.83. The molecule has 0 aliphatic rings. The van der Waals surface area contributed by atoms with Crippen molar-refractivity contribution < 1.29 is 9.90 Å². The molecule has 1 rings (SSSR count). The molecular formula is C13H18N2O2. The minimum Gasteiger partial charge on any atom is -0.480 e. The number of aliphatic imine (C=N–C) groups is 1. The first-order chi connectivity index (χ1) is 8.24. The Kier molecular flexibility index (Phi) is 5.96. The predicted molar refractivity (Wildman–Crippen MR) is 68.4 cm³/mol. The van der Waals surface area contributed by atoms with Crippen LogP contribution in [-0.4, -0.2) is 29.9 Å². The van der Waals surface area contributed by atoms with Crippen molar-refractivity contribution in [2.45, 2.75) is 25.3 Å². The second kappa shape index (κ2) is 7.57. The molecular weight excluding hydrogens is 216 g/mol. The molecule has 4 heteroatoms. The zero-order valence-corrected chi connectivity index (χ0v) is 9.75. The highest BCUT2D eigenvalue weighted by Crippen LogP contribution is 2.05. The number of nitrogens with two attached hydrogens (primary N) is 1. The molecule has 0 heterocycles. The fraction of sp³-hybridized carbons (Fsp3) is 0.385. The molecule has 1 aromatic carbocycles. The van der Waals surface area contributed by atoms with Gasteiger partial charge in [0.05, 0.1) is 0 Å². The van der Waals surface area contributed by atoms with Crippen LogP contribution in [0.25, 0.3) is 0 Å². The van der Waals surface area contributed by atoms with Gasteiger partial charge in [0.2, 0.25) is 0 Å². The van der Waals surface area contributed by atoms with Crippen LogP contribution in [0.3, 0.4) is 0 Å². The molecule has 4 nitrogen and oxygen atoms in total. The average molecular weight is 234 g/mol. The predicted octanol–water partition coefficient (Wildman–Crippen LogP) is 1.69. The maximum absolute atomic E-state index is 11.0. The SMILES string of the molecule is NCCCC[C@H](/N=C\c1ccccc1)C(=O)O. The minimum absolute atomic E-state index is 0.538. The van der Waals surface area contributed by atoms with Gasteiger partial charge in [-0.05, 0) is 31.4 Å². The Morgan fingerprint density at radius 3 is 2.65 bits per heavy atom. The van der Waals surface area contributed by atoms with Crippen LogP contribution in [0, 0.1) is 0 Å². The molecule has 92 valence electrons. The molecule has 0 aliphatic carbocycles. The van der Waals surface area contributed by atoms with Crippen LogP contribution in [-0.2, 0) is 4.79 Å². The summed E-state index contributed by atoms with van der Waals surface area (Å²) in [6.45, 7) is 0.592. The summed E-state index contributed by atoms with van der Waals surface area (Å²) in [7, 11) is 0. The summed E-state index contributed by atoms with van der Waals surface area (Å²) < 4.78 is 0. The van der Waals surface area contributed by atoms with Gasteiger partial charge in [0.25, 0.3) is 0 Å². The first-order valence-electron chi connectivity index (χ1n) is 5.75. The fourth-order valence-electron chi connectivity index (χ4n) is 1.46. The van der Waals surface area contributed by atoms with Gasteiger partial charge in [-0.2, -0.15) is 0 Å². The van der Waals surface area contributed by atoms with Crippen LogP contribution in [0.4, 0.5) is 0 Å². The average Bonchev–Trinajstić information content (AvgIpc) is 2.34. The summed E-state index contributed by atoms with van der Waals surface area (Å²) in [5.41, 5.74) is 6.28. The second-order valence-electron chi connectivity index (χ2n) is 3.83. The Hall–Kier alpha value is -1.68. The number of hydrogen-bond donors (Lipinski definition) is 2. The van der Waals surface area contributed by atoms with Crippen molar-refractivity contribution in [2.24, 2.45) is 10.7 Å². The van der Waals surface area contributed by atoms with Gasteiger partial charge in [0, 0.05) is 6.21 Å². The van der Waals surface area contributed by atoms with Crippen molar-refractivity contribution >= 4 is 12.2 Å². The lowest BCUT2D eigenvalue weighted by Gasteiger charge is -2.06. The van der Waals surface area contributed by atoms with Crippen LogP contribution in [0.1, 0.15) is 24.8 Å². The number of hydrogen-bond acceptors (Lipinski definition) is 3. The number of unbranched alkanes of at least 4 members (excludes halogenated alkanes) is 1. The third-order valence-corrected chi connectivity index (χ3v) is 2.42. The number of carboxylic acids is 1. The van der Waals surface area contributed by atoms with Gasteiger partial charge >= 0.3 is 5.97 Å². The van der Waals surface area contributed by atoms with Gasteiger partial charge < -0.3 is 10.8 Å². The van der Waals surface area contributed by atoms with E-state index in [2.05, 4.69) is 4.99 Å². The number of aliphatic carboxylic acids is 1. The number of carbonyl (C=O) groups is 1. The molecule has 0 radical (unpaired) electrons.